The molecule has 1 aliphatic rings. The van der Waals surface area contributed by atoms with Crippen molar-refractivity contribution in [2.24, 2.45) is 0 Å². The fourth-order valence-corrected chi connectivity index (χ4v) is 1.86. The first kappa shape index (κ1) is 8.57. The summed E-state index contributed by atoms with van der Waals surface area (Å²) in [7, 11) is 0. The molecule has 1 aromatic carbocycles. The Morgan fingerprint density at radius 1 is 1.15 bits per heavy atom. The SMILES string of the molecule is O[C@H]1CCC(Nc2ccccc2)C1. The number of anilines is 1. The molecule has 0 heterocycles. The summed E-state index contributed by atoms with van der Waals surface area (Å²) in [6.45, 7) is 0. The lowest BCUT2D eigenvalue weighted by molar-refractivity contribution is 0.182. The Morgan fingerprint density at radius 3 is 2.54 bits per heavy atom. The maximum atomic E-state index is 9.34. The van der Waals surface area contributed by atoms with E-state index in [1.165, 1.54) is 0 Å². The van der Waals surface area contributed by atoms with Crippen molar-refractivity contribution in [3.8, 4) is 0 Å². The molecule has 2 heteroatoms. The van der Waals surface area contributed by atoms with Gasteiger partial charge in [0.05, 0.1) is 6.10 Å². The largest absolute Gasteiger partial charge is 0.393 e. The number of aliphatic hydroxyl groups excluding tert-OH is 1. The fraction of sp³-hybridized carbons (Fsp3) is 0.455. The summed E-state index contributed by atoms with van der Waals surface area (Å²) in [4.78, 5) is 0. The van der Waals surface area contributed by atoms with Gasteiger partial charge in [0.15, 0.2) is 0 Å². The van der Waals surface area contributed by atoms with Crippen LogP contribution in [0.3, 0.4) is 0 Å². The number of aliphatic hydroxyl groups is 1. The van der Waals surface area contributed by atoms with Gasteiger partial charge in [-0.3, -0.25) is 0 Å². The summed E-state index contributed by atoms with van der Waals surface area (Å²) in [5.74, 6) is 0. The van der Waals surface area contributed by atoms with Gasteiger partial charge in [0.25, 0.3) is 0 Å². The van der Waals surface area contributed by atoms with Gasteiger partial charge in [-0.2, -0.15) is 0 Å². The third-order valence-corrected chi connectivity index (χ3v) is 2.55. The van der Waals surface area contributed by atoms with Crippen LogP contribution in [0, 0.1) is 0 Å². The molecule has 1 aromatic rings. The lowest BCUT2D eigenvalue weighted by Crippen LogP contribution is -2.16. The Hall–Kier alpha value is -1.02. The van der Waals surface area contributed by atoms with Crippen molar-refractivity contribution in [1.82, 2.24) is 0 Å². The van der Waals surface area contributed by atoms with Gasteiger partial charge in [0.2, 0.25) is 0 Å². The van der Waals surface area contributed by atoms with Gasteiger partial charge in [-0.25, -0.2) is 0 Å². The van der Waals surface area contributed by atoms with Crippen LogP contribution < -0.4 is 5.32 Å². The minimum Gasteiger partial charge on any atom is -0.393 e. The number of rotatable bonds is 2. The smallest absolute Gasteiger partial charge is 0.0560 e. The van der Waals surface area contributed by atoms with Crippen LogP contribution >= 0.6 is 0 Å². The molecule has 0 aromatic heterocycles. The minimum absolute atomic E-state index is 0.0961. The Bertz CT molecular complexity index is 260. The van der Waals surface area contributed by atoms with E-state index >= 15 is 0 Å². The molecule has 1 unspecified atom stereocenters. The van der Waals surface area contributed by atoms with E-state index in [1.54, 1.807) is 0 Å². The van der Waals surface area contributed by atoms with E-state index in [0.717, 1.165) is 24.9 Å². The predicted molar refractivity (Wildman–Crippen MR) is 53.7 cm³/mol. The molecule has 70 valence electrons. The topological polar surface area (TPSA) is 32.3 Å². The van der Waals surface area contributed by atoms with E-state index in [4.69, 9.17) is 0 Å². The van der Waals surface area contributed by atoms with Crippen LogP contribution in [-0.4, -0.2) is 17.3 Å². The summed E-state index contributed by atoms with van der Waals surface area (Å²) in [6, 6.07) is 10.6. The maximum Gasteiger partial charge on any atom is 0.0560 e. The lowest BCUT2D eigenvalue weighted by atomic mass is 10.2. The third-order valence-electron chi connectivity index (χ3n) is 2.55. The standard InChI is InChI=1S/C11H15NO/c13-11-7-6-10(8-11)12-9-4-2-1-3-5-9/h1-5,10-13H,6-8H2/t10?,11-/m0/s1. The Labute approximate surface area is 78.6 Å². The number of para-hydroxylation sites is 1. The highest BCUT2D eigenvalue weighted by Gasteiger charge is 2.21. The summed E-state index contributed by atoms with van der Waals surface area (Å²) in [6.07, 6.45) is 2.80. The number of benzene rings is 1. The first-order chi connectivity index (χ1) is 6.34. The molecule has 0 aliphatic heterocycles. The van der Waals surface area contributed by atoms with E-state index in [-0.39, 0.29) is 6.10 Å². The first-order valence-corrected chi connectivity index (χ1v) is 4.84. The predicted octanol–water partition coefficient (Wildman–Crippen LogP) is 2.01. The normalized spacial score (nSPS) is 27.5. The average molecular weight is 177 g/mol. The van der Waals surface area contributed by atoms with Crippen LogP contribution in [0.25, 0.3) is 0 Å². The highest BCUT2D eigenvalue weighted by molar-refractivity contribution is 5.43. The molecule has 2 N–H and O–H groups in total. The highest BCUT2D eigenvalue weighted by atomic mass is 16.3. The first-order valence-electron chi connectivity index (χ1n) is 4.84. The fourth-order valence-electron chi connectivity index (χ4n) is 1.86. The van der Waals surface area contributed by atoms with Gasteiger partial charge in [0, 0.05) is 11.7 Å². The van der Waals surface area contributed by atoms with Gasteiger partial charge in [-0.15, -0.1) is 0 Å². The number of hydrogen-bond donors (Lipinski definition) is 2. The third kappa shape index (κ3) is 2.22. The van der Waals surface area contributed by atoms with Crippen LogP contribution in [0.4, 0.5) is 5.69 Å². The molecule has 2 rings (SSSR count). The highest BCUT2D eigenvalue weighted by Crippen LogP contribution is 2.22. The number of hydrogen-bond acceptors (Lipinski definition) is 2. The molecule has 2 atom stereocenters. The van der Waals surface area contributed by atoms with Gasteiger partial charge in [0.1, 0.15) is 0 Å². The second-order valence-corrected chi connectivity index (χ2v) is 3.67. The van der Waals surface area contributed by atoms with Crippen molar-refractivity contribution in [2.75, 3.05) is 5.32 Å². The van der Waals surface area contributed by atoms with E-state index in [1.807, 2.05) is 18.2 Å². The Balaban J connectivity index is 1.92. The van der Waals surface area contributed by atoms with Crippen molar-refractivity contribution >= 4 is 5.69 Å². The zero-order chi connectivity index (χ0) is 9.10. The molecular formula is C11H15NO. The summed E-state index contributed by atoms with van der Waals surface area (Å²) < 4.78 is 0. The lowest BCUT2D eigenvalue weighted by Gasteiger charge is -2.12. The molecule has 0 amide bonds. The summed E-state index contributed by atoms with van der Waals surface area (Å²) >= 11 is 0. The van der Waals surface area contributed by atoms with Crippen molar-refractivity contribution < 1.29 is 5.11 Å². The average Bonchev–Trinajstić information content (AvgIpc) is 2.53. The molecule has 0 radical (unpaired) electrons. The molecule has 1 saturated carbocycles. The zero-order valence-electron chi connectivity index (χ0n) is 7.61. The Kier molecular flexibility index (Phi) is 2.50. The van der Waals surface area contributed by atoms with Crippen molar-refractivity contribution in [3.05, 3.63) is 30.3 Å². The quantitative estimate of drug-likeness (QED) is 0.724. The number of nitrogens with one attached hydrogen (secondary N) is 1. The molecule has 13 heavy (non-hydrogen) atoms. The van der Waals surface area contributed by atoms with Crippen molar-refractivity contribution in [3.63, 3.8) is 0 Å². The van der Waals surface area contributed by atoms with Crippen LogP contribution in [0.15, 0.2) is 30.3 Å². The second kappa shape index (κ2) is 3.79. The molecule has 1 aliphatic carbocycles. The van der Waals surface area contributed by atoms with E-state index < -0.39 is 0 Å². The van der Waals surface area contributed by atoms with Crippen LogP contribution in [0.1, 0.15) is 19.3 Å². The Morgan fingerprint density at radius 2 is 1.92 bits per heavy atom. The van der Waals surface area contributed by atoms with Gasteiger partial charge in [-0.05, 0) is 31.4 Å². The molecule has 0 spiro atoms. The van der Waals surface area contributed by atoms with Crippen LogP contribution in [0.2, 0.25) is 0 Å². The molecule has 0 saturated heterocycles. The maximum absolute atomic E-state index is 9.34. The molecule has 0 bridgehead atoms. The molecular weight excluding hydrogens is 162 g/mol. The van der Waals surface area contributed by atoms with E-state index in [9.17, 15) is 5.11 Å². The zero-order valence-corrected chi connectivity index (χ0v) is 7.61. The molecule has 1 fully saturated rings. The van der Waals surface area contributed by atoms with Gasteiger partial charge < -0.3 is 10.4 Å². The van der Waals surface area contributed by atoms with Crippen LogP contribution in [0.5, 0.6) is 0 Å². The second-order valence-electron chi connectivity index (χ2n) is 3.67. The van der Waals surface area contributed by atoms with Crippen molar-refractivity contribution in [1.29, 1.82) is 0 Å². The summed E-state index contributed by atoms with van der Waals surface area (Å²) in [5.41, 5.74) is 1.15. The van der Waals surface area contributed by atoms with Crippen molar-refractivity contribution in [2.45, 2.75) is 31.4 Å². The van der Waals surface area contributed by atoms with Crippen LogP contribution in [-0.2, 0) is 0 Å². The van der Waals surface area contributed by atoms with E-state index in [2.05, 4.69) is 17.4 Å². The molecule has 2 nitrogen and oxygen atoms in total. The summed E-state index contributed by atoms with van der Waals surface area (Å²) in [5, 5.41) is 12.7. The van der Waals surface area contributed by atoms with Gasteiger partial charge in [-0.1, -0.05) is 18.2 Å². The van der Waals surface area contributed by atoms with Gasteiger partial charge >= 0.3 is 0 Å². The van der Waals surface area contributed by atoms with E-state index in [0.29, 0.717) is 6.04 Å². The monoisotopic (exact) mass is 177 g/mol. The minimum atomic E-state index is -0.0961.